The normalized spacial score (nSPS) is 10.5. The Morgan fingerprint density at radius 3 is 2.38 bits per heavy atom. The molecule has 21 heavy (non-hydrogen) atoms. The second-order valence-electron chi connectivity index (χ2n) is 5.11. The van der Waals surface area contributed by atoms with Gasteiger partial charge in [0.05, 0.1) is 0 Å². The van der Waals surface area contributed by atoms with E-state index < -0.39 is 0 Å². The van der Waals surface area contributed by atoms with Crippen molar-refractivity contribution in [3.05, 3.63) is 84.1 Å². The van der Waals surface area contributed by atoms with Crippen LogP contribution in [0, 0.1) is 0 Å². The molecule has 0 aliphatic heterocycles. The molecule has 0 amide bonds. The lowest BCUT2D eigenvalue weighted by molar-refractivity contribution is 0.101. The van der Waals surface area contributed by atoms with E-state index in [-0.39, 0.29) is 5.78 Å². The van der Waals surface area contributed by atoms with Crippen LogP contribution in [0.5, 0.6) is 0 Å². The summed E-state index contributed by atoms with van der Waals surface area (Å²) in [7, 11) is 0. The van der Waals surface area contributed by atoms with Gasteiger partial charge in [-0.25, -0.2) is 0 Å². The number of carbonyl (C=O) groups excluding carboxylic acids is 1. The van der Waals surface area contributed by atoms with Crippen molar-refractivity contribution in [2.45, 2.75) is 13.5 Å². The highest BCUT2D eigenvalue weighted by molar-refractivity contribution is 6.00. The van der Waals surface area contributed by atoms with Gasteiger partial charge in [-0.1, -0.05) is 54.6 Å². The van der Waals surface area contributed by atoms with Gasteiger partial charge in [-0.15, -0.1) is 0 Å². The van der Waals surface area contributed by atoms with E-state index in [1.54, 1.807) is 6.92 Å². The van der Waals surface area contributed by atoms with Gasteiger partial charge in [0.25, 0.3) is 0 Å². The van der Waals surface area contributed by atoms with E-state index in [9.17, 15) is 4.79 Å². The highest BCUT2D eigenvalue weighted by Crippen LogP contribution is 2.25. The number of hydrogen-bond donors (Lipinski definition) is 0. The van der Waals surface area contributed by atoms with E-state index in [0.717, 1.165) is 23.4 Å². The molecule has 0 fully saturated rings. The summed E-state index contributed by atoms with van der Waals surface area (Å²) in [4.78, 5) is 11.8. The van der Waals surface area contributed by atoms with Crippen LogP contribution in [0.4, 0.5) is 0 Å². The molecular weight excluding hydrogens is 258 g/mol. The predicted molar refractivity (Wildman–Crippen MR) is 85.4 cm³/mol. The van der Waals surface area contributed by atoms with Crippen LogP contribution in [0.15, 0.2) is 72.9 Å². The molecule has 0 aliphatic rings. The summed E-state index contributed by atoms with van der Waals surface area (Å²) in [6.45, 7) is 2.42. The Balaban J connectivity index is 2.02. The van der Waals surface area contributed by atoms with Gasteiger partial charge in [0.1, 0.15) is 0 Å². The predicted octanol–water partition coefficient (Wildman–Crippen LogP) is 4.41. The third kappa shape index (κ3) is 2.79. The van der Waals surface area contributed by atoms with Gasteiger partial charge < -0.3 is 4.57 Å². The van der Waals surface area contributed by atoms with Crippen molar-refractivity contribution < 1.29 is 4.79 Å². The molecule has 1 heterocycles. The van der Waals surface area contributed by atoms with E-state index in [1.165, 1.54) is 5.56 Å². The fourth-order valence-corrected chi connectivity index (χ4v) is 2.59. The zero-order chi connectivity index (χ0) is 14.7. The minimum Gasteiger partial charge on any atom is -0.343 e. The molecule has 3 aromatic rings. The maximum Gasteiger partial charge on any atom is 0.160 e. The first-order chi connectivity index (χ1) is 10.3. The van der Waals surface area contributed by atoms with Crippen molar-refractivity contribution in [2.75, 3.05) is 0 Å². The van der Waals surface area contributed by atoms with Crippen LogP contribution >= 0.6 is 0 Å². The van der Waals surface area contributed by atoms with Crippen LogP contribution in [0.1, 0.15) is 22.8 Å². The van der Waals surface area contributed by atoms with Gasteiger partial charge in [-0.2, -0.15) is 0 Å². The summed E-state index contributed by atoms with van der Waals surface area (Å²) in [6, 6.07) is 22.2. The highest BCUT2D eigenvalue weighted by atomic mass is 16.1. The number of aromatic nitrogens is 1. The summed E-state index contributed by atoms with van der Waals surface area (Å²) in [5.41, 5.74) is 4.08. The average Bonchev–Trinajstić information content (AvgIpc) is 2.96. The van der Waals surface area contributed by atoms with Gasteiger partial charge in [-0.05, 0) is 24.6 Å². The minimum absolute atomic E-state index is 0.0954. The number of ketones is 1. The Morgan fingerprint density at radius 1 is 0.905 bits per heavy atom. The van der Waals surface area contributed by atoms with Crippen LogP contribution in [0.25, 0.3) is 11.3 Å². The molecule has 0 saturated heterocycles. The molecule has 0 aliphatic carbocycles. The van der Waals surface area contributed by atoms with Crippen LogP contribution < -0.4 is 0 Å². The molecule has 0 radical (unpaired) electrons. The molecular formula is C19H17NO. The SMILES string of the molecule is CC(=O)c1ccccc1-c1cccn1Cc1ccccc1. The molecule has 0 bridgehead atoms. The van der Waals surface area contributed by atoms with E-state index in [0.29, 0.717) is 0 Å². The number of Topliss-reactive ketones (excluding diaryl/α,β-unsaturated/α-hetero) is 1. The Kier molecular flexibility index (Phi) is 3.69. The Labute approximate surface area is 124 Å². The Morgan fingerprint density at radius 2 is 1.62 bits per heavy atom. The number of benzene rings is 2. The summed E-state index contributed by atoms with van der Waals surface area (Å²) in [5.74, 6) is 0.0954. The third-order valence-corrected chi connectivity index (χ3v) is 3.61. The van der Waals surface area contributed by atoms with Crippen LogP contribution in [0.2, 0.25) is 0 Å². The lowest BCUT2D eigenvalue weighted by Gasteiger charge is -2.12. The molecule has 104 valence electrons. The lowest BCUT2D eigenvalue weighted by Crippen LogP contribution is -2.03. The molecule has 2 heteroatoms. The second-order valence-corrected chi connectivity index (χ2v) is 5.11. The fourth-order valence-electron chi connectivity index (χ4n) is 2.59. The van der Waals surface area contributed by atoms with Crippen molar-refractivity contribution in [3.63, 3.8) is 0 Å². The lowest BCUT2D eigenvalue weighted by atomic mass is 10.0. The maximum absolute atomic E-state index is 11.8. The van der Waals surface area contributed by atoms with Crippen molar-refractivity contribution in [3.8, 4) is 11.3 Å². The number of rotatable bonds is 4. The Hall–Kier alpha value is -2.61. The second kappa shape index (κ2) is 5.80. The smallest absolute Gasteiger partial charge is 0.160 e. The average molecular weight is 275 g/mol. The number of carbonyl (C=O) groups is 1. The molecule has 0 unspecified atom stereocenters. The van der Waals surface area contributed by atoms with Crippen molar-refractivity contribution in [1.29, 1.82) is 0 Å². The molecule has 0 N–H and O–H groups in total. The maximum atomic E-state index is 11.8. The quantitative estimate of drug-likeness (QED) is 0.647. The van der Waals surface area contributed by atoms with E-state index in [1.807, 2.05) is 48.5 Å². The zero-order valence-electron chi connectivity index (χ0n) is 12.0. The minimum atomic E-state index is 0.0954. The molecule has 0 spiro atoms. The topological polar surface area (TPSA) is 22.0 Å². The molecule has 3 rings (SSSR count). The van der Waals surface area contributed by atoms with Gasteiger partial charge in [0.2, 0.25) is 0 Å². The van der Waals surface area contributed by atoms with Crippen molar-refractivity contribution in [1.82, 2.24) is 4.57 Å². The van der Waals surface area contributed by atoms with Crippen LogP contribution in [-0.2, 0) is 6.54 Å². The molecule has 2 aromatic carbocycles. The molecule has 2 nitrogen and oxygen atoms in total. The fraction of sp³-hybridized carbons (Fsp3) is 0.105. The first kappa shape index (κ1) is 13.4. The summed E-state index contributed by atoms with van der Waals surface area (Å²) in [5, 5.41) is 0. The molecule has 1 aromatic heterocycles. The summed E-state index contributed by atoms with van der Waals surface area (Å²) >= 11 is 0. The number of nitrogens with zero attached hydrogens (tertiary/aromatic N) is 1. The standard InChI is InChI=1S/C19H17NO/c1-15(21)17-10-5-6-11-18(17)19-12-7-13-20(19)14-16-8-3-2-4-9-16/h2-13H,14H2,1H3. The summed E-state index contributed by atoms with van der Waals surface area (Å²) in [6.07, 6.45) is 2.05. The molecule has 0 atom stereocenters. The van der Waals surface area contributed by atoms with Crippen LogP contribution in [0.3, 0.4) is 0 Å². The van der Waals surface area contributed by atoms with Crippen molar-refractivity contribution >= 4 is 5.78 Å². The van der Waals surface area contributed by atoms with E-state index >= 15 is 0 Å². The first-order valence-corrected chi connectivity index (χ1v) is 7.05. The highest BCUT2D eigenvalue weighted by Gasteiger charge is 2.11. The Bertz CT molecular complexity index is 756. The zero-order valence-corrected chi connectivity index (χ0v) is 12.0. The molecule has 0 saturated carbocycles. The van der Waals surface area contributed by atoms with Gasteiger partial charge in [0, 0.05) is 29.6 Å². The van der Waals surface area contributed by atoms with Crippen LogP contribution in [-0.4, -0.2) is 10.4 Å². The third-order valence-electron chi connectivity index (χ3n) is 3.61. The first-order valence-electron chi connectivity index (χ1n) is 7.05. The largest absolute Gasteiger partial charge is 0.343 e. The van der Waals surface area contributed by atoms with E-state index in [2.05, 4.69) is 29.0 Å². The summed E-state index contributed by atoms with van der Waals surface area (Å²) < 4.78 is 2.18. The monoisotopic (exact) mass is 275 g/mol. The number of hydrogen-bond acceptors (Lipinski definition) is 1. The van der Waals surface area contributed by atoms with E-state index in [4.69, 9.17) is 0 Å². The van der Waals surface area contributed by atoms with Gasteiger partial charge in [0.15, 0.2) is 5.78 Å². The van der Waals surface area contributed by atoms with Gasteiger partial charge in [-0.3, -0.25) is 4.79 Å². The van der Waals surface area contributed by atoms with Gasteiger partial charge >= 0.3 is 0 Å². The van der Waals surface area contributed by atoms with Crippen molar-refractivity contribution in [2.24, 2.45) is 0 Å².